The zero-order valence-corrected chi connectivity index (χ0v) is 14.0. The number of nitrogens with one attached hydrogen (secondary N) is 1. The molecule has 0 unspecified atom stereocenters. The summed E-state index contributed by atoms with van der Waals surface area (Å²) in [5, 5.41) is 0.0122. The standard InChI is InChI=1S/C13H11BrClFN2O2S/c1-7-2-4-8(5-3-7)18-21(19,20)10-6-9(15)11(14)13(17)12(10)16/h2-6,18H,17H2,1H3. The van der Waals surface area contributed by atoms with Crippen molar-refractivity contribution in [3.8, 4) is 0 Å². The summed E-state index contributed by atoms with van der Waals surface area (Å²) in [4.78, 5) is -0.603. The molecule has 8 heteroatoms. The smallest absolute Gasteiger partial charge is 0.264 e. The average Bonchev–Trinajstić information content (AvgIpc) is 2.42. The lowest BCUT2D eigenvalue weighted by atomic mass is 10.2. The van der Waals surface area contributed by atoms with Gasteiger partial charge in [0.1, 0.15) is 4.90 Å². The normalized spacial score (nSPS) is 11.4. The topological polar surface area (TPSA) is 72.2 Å². The molecule has 0 radical (unpaired) electrons. The van der Waals surface area contributed by atoms with Crippen molar-refractivity contribution in [1.82, 2.24) is 0 Å². The van der Waals surface area contributed by atoms with E-state index in [0.29, 0.717) is 5.69 Å². The summed E-state index contributed by atoms with van der Waals surface area (Å²) in [6.07, 6.45) is 0. The van der Waals surface area contributed by atoms with Gasteiger partial charge in [-0.25, -0.2) is 12.8 Å². The van der Waals surface area contributed by atoms with Gasteiger partial charge in [0.25, 0.3) is 10.0 Å². The molecule has 0 spiro atoms. The molecule has 2 aromatic rings. The van der Waals surface area contributed by atoms with Crippen molar-refractivity contribution in [2.75, 3.05) is 10.5 Å². The predicted octanol–water partition coefficient (Wildman–Crippen LogP) is 3.93. The first-order valence-corrected chi connectivity index (χ1v) is 8.40. The Balaban J connectivity index is 2.47. The molecule has 0 amide bonds. The Morgan fingerprint density at radius 1 is 1.29 bits per heavy atom. The predicted molar refractivity (Wildman–Crippen MR) is 85.5 cm³/mol. The zero-order valence-electron chi connectivity index (χ0n) is 10.8. The van der Waals surface area contributed by atoms with E-state index in [-0.39, 0.29) is 15.2 Å². The van der Waals surface area contributed by atoms with Crippen molar-refractivity contribution in [3.63, 3.8) is 0 Å². The summed E-state index contributed by atoms with van der Waals surface area (Å²) in [5.74, 6) is -1.05. The van der Waals surface area contributed by atoms with Gasteiger partial charge in [0.15, 0.2) is 5.82 Å². The lowest BCUT2D eigenvalue weighted by Gasteiger charge is -2.12. The van der Waals surface area contributed by atoms with Crippen molar-refractivity contribution in [3.05, 3.63) is 51.2 Å². The SMILES string of the molecule is Cc1ccc(NS(=O)(=O)c2cc(Cl)c(Br)c(N)c2F)cc1. The van der Waals surface area contributed by atoms with Crippen LogP contribution in [0.25, 0.3) is 0 Å². The van der Waals surface area contributed by atoms with Crippen LogP contribution in [0.5, 0.6) is 0 Å². The van der Waals surface area contributed by atoms with Gasteiger partial charge in [0.05, 0.1) is 15.2 Å². The van der Waals surface area contributed by atoms with E-state index in [1.807, 2.05) is 6.92 Å². The quantitative estimate of drug-likeness (QED) is 0.613. The fourth-order valence-electron chi connectivity index (χ4n) is 1.63. The van der Waals surface area contributed by atoms with Gasteiger partial charge in [-0.2, -0.15) is 0 Å². The third-order valence-corrected chi connectivity index (χ3v) is 5.51. The number of benzene rings is 2. The second-order valence-electron chi connectivity index (χ2n) is 4.37. The first kappa shape index (κ1) is 16.1. The molecule has 0 heterocycles. The van der Waals surface area contributed by atoms with Gasteiger partial charge < -0.3 is 5.73 Å². The third kappa shape index (κ3) is 3.30. The van der Waals surface area contributed by atoms with Crippen LogP contribution in [0.2, 0.25) is 5.02 Å². The Morgan fingerprint density at radius 3 is 2.43 bits per heavy atom. The van der Waals surface area contributed by atoms with E-state index in [2.05, 4.69) is 20.7 Å². The van der Waals surface area contributed by atoms with Crippen molar-refractivity contribution in [2.45, 2.75) is 11.8 Å². The number of sulfonamides is 1. The summed E-state index contributed by atoms with van der Waals surface area (Å²) >= 11 is 8.83. The van der Waals surface area contributed by atoms with Crippen molar-refractivity contribution in [1.29, 1.82) is 0 Å². The van der Waals surface area contributed by atoms with E-state index < -0.39 is 20.7 Å². The van der Waals surface area contributed by atoms with Gasteiger partial charge in [0.2, 0.25) is 0 Å². The summed E-state index contributed by atoms with van der Waals surface area (Å²) < 4.78 is 41.0. The maximum Gasteiger partial charge on any atom is 0.264 e. The molecule has 0 saturated heterocycles. The van der Waals surface area contributed by atoms with E-state index in [9.17, 15) is 12.8 Å². The van der Waals surface area contributed by atoms with Crippen molar-refractivity contribution < 1.29 is 12.8 Å². The molecule has 0 saturated carbocycles. The van der Waals surface area contributed by atoms with E-state index in [0.717, 1.165) is 11.6 Å². The van der Waals surface area contributed by atoms with Gasteiger partial charge in [-0.05, 0) is 41.1 Å². The molecule has 21 heavy (non-hydrogen) atoms. The number of hydrogen-bond acceptors (Lipinski definition) is 3. The molecule has 3 N–H and O–H groups in total. The first-order chi connectivity index (χ1) is 9.72. The number of rotatable bonds is 3. The minimum atomic E-state index is -4.13. The van der Waals surface area contributed by atoms with Crippen molar-refractivity contribution >= 4 is 48.9 Å². The molecule has 0 bridgehead atoms. The van der Waals surface area contributed by atoms with Crippen LogP contribution in [0.15, 0.2) is 39.7 Å². The summed E-state index contributed by atoms with van der Waals surface area (Å²) in [5.41, 5.74) is 6.43. The minimum absolute atomic E-state index is 0.0122. The lowest BCUT2D eigenvalue weighted by Crippen LogP contribution is -2.15. The molecule has 0 aliphatic carbocycles. The molecule has 0 aromatic heterocycles. The van der Waals surface area contributed by atoms with Crippen LogP contribution in [-0.2, 0) is 10.0 Å². The number of anilines is 2. The van der Waals surface area contributed by atoms with Crippen LogP contribution in [0.4, 0.5) is 15.8 Å². The van der Waals surface area contributed by atoms with Crippen LogP contribution in [0.3, 0.4) is 0 Å². The summed E-state index contributed by atoms with van der Waals surface area (Å²) in [6, 6.07) is 7.63. The molecule has 112 valence electrons. The van der Waals surface area contributed by atoms with Crippen LogP contribution in [-0.4, -0.2) is 8.42 Å². The van der Waals surface area contributed by atoms with Crippen LogP contribution in [0.1, 0.15) is 5.56 Å². The second-order valence-corrected chi connectivity index (χ2v) is 7.22. The fourth-order valence-corrected chi connectivity index (χ4v) is 3.37. The molecule has 0 aliphatic rings. The Labute approximate surface area is 135 Å². The maximum atomic E-state index is 14.1. The van der Waals surface area contributed by atoms with Crippen molar-refractivity contribution in [2.24, 2.45) is 0 Å². The highest BCUT2D eigenvalue weighted by molar-refractivity contribution is 9.10. The highest BCUT2D eigenvalue weighted by Gasteiger charge is 2.24. The van der Waals surface area contributed by atoms with E-state index >= 15 is 0 Å². The van der Waals surface area contributed by atoms with Gasteiger partial charge >= 0.3 is 0 Å². The largest absolute Gasteiger partial charge is 0.395 e. The molecule has 2 aromatic carbocycles. The molecule has 0 aliphatic heterocycles. The van der Waals surface area contributed by atoms with E-state index in [4.69, 9.17) is 17.3 Å². The van der Waals surface area contributed by atoms with Gasteiger partial charge in [-0.15, -0.1) is 0 Å². The second kappa shape index (κ2) is 5.82. The highest BCUT2D eigenvalue weighted by atomic mass is 79.9. The summed E-state index contributed by atoms with van der Waals surface area (Å²) in [6.45, 7) is 1.87. The van der Waals surface area contributed by atoms with Crippen LogP contribution < -0.4 is 10.5 Å². The van der Waals surface area contributed by atoms with Crippen LogP contribution in [0, 0.1) is 12.7 Å². The van der Waals surface area contributed by atoms with Crippen LogP contribution >= 0.6 is 27.5 Å². The third-order valence-electron chi connectivity index (χ3n) is 2.75. The van der Waals surface area contributed by atoms with Gasteiger partial charge in [0, 0.05) is 5.69 Å². The summed E-state index contributed by atoms with van der Waals surface area (Å²) in [7, 11) is -4.13. The lowest BCUT2D eigenvalue weighted by molar-refractivity contribution is 0.572. The molecule has 4 nitrogen and oxygen atoms in total. The minimum Gasteiger partial charge on any atom is -0.395 e. The first-order valence-electron chi connectivity index (χ1n) is 5.75. The molecule has 0 fully saturated rings. The molecular weight excluding hydrogens is 383 g/mol. The van der Waals surface area contributed by atoms with Gasteiger partial charge in [-0.1, -0.05) is 29.3 Å². The Kier molecular flexibility index (Phi) is 4.46. The fraction of sp³-hybridized carbons (Fsp3) is 0.0769. The van der Waals surface area contributed by atoms with Gasteiger partial charge in [-0.3, -0.25) is 4.72 Å². The molecule has 2 rings (SSSR count). The number of nitrogens with two attached hydrogens (primary N) is 1. The van der Waals surface area contributed by atoms with E-state index in [1.165, 1.54) is 0 Å². The number of hydrogen-bond donors (Lipinski definition) is 2. The molecular formula is C13H11BrClFN2O2S. The monoisotopic (exact) mass is 392 g/mol. The number of nitrogen functional groups attached to an aromatic ring is 1. The Morgan fingerprint density at radius 2 is 1.86 bits per heavy atom. The number of halogens is 3. The zero-order chi connectivity index (χ0) is 15.8. The van der Waals surface area contributed by atoms with E-state index in [1.54, 1.807) is 24.3 Å². The maximum absolute atomic E-state index is 14.1. The average molecular weight is 394 g/mol. The Bertz CT molecular complexity index is 795. The number of aryl methyl sites for hydroxylation is 1. The highest BCUT2D eigenvalue weighted by Crippen LogP contribution is 2.35. The Hall–Kier alpha value is -1.31. The molecule has 0 atom stereocenters.